The maximum Gasteiger partial charge on any atom is 0.433 e. The van der Waals surface area contributed by atoms with Crippen LogP contribution in [0.2, 0.25) is 0 Å². The number of fused-ring (bicyclic) bond motifs is 1. The lowest BCUT2D eigenvalue weighted by atomic mass is 9.95. The van der Waals surface area contributed by atoms with Gasteiger partial charge in [0, 0.05) is 36.4 Å². The van der Waals surface area contributed by atoms with Crippen LogP contribution in [0.25, 0.3) is 21.2 Å². The fourth-order valence-electron chi connectivity index (χ4n) is 3.55. The van der Waals surface area contributed by atoms with E-state index in [1.165, 1.54) is 43.0 Å². The molecule has 4 aromatic rings. The topological polar surface area (TPSA) is 103 Å². The predicted molar refractivity (Wildman–Crippen MR) is 128 cm³/mol. The number of hydrogen-bond donors (Lipinski definition) is 2. The minimum atomic E-state index is -4.51. The molecule has 36 heavy (non-hydrogen) atoms. The molecule has 0 aliphatic carbocycles. The van der Waals surface area contributed by atoms with Crippen molar-refractivity contribution in [3.8, 4) is 10.4 Å². The average molecular weight is 520 g/mol. The van der Waals surface area contributed by atoms with Crippen LogP contribution in [0.3, 0.4) is 0 Å². The number of nitrogens with zero attached hydrogens (tertiary/aromatic N) is 3. The van der Waals surface area contributed by atoms with Crippen molar-refractivity contribution in [1.82, 2.24) is 15.0 Å². The van der Waals surface area contributed by atoms with E-state index in [1.54, 1.807) is 25.1 Å². The Morgan fingerprint density at radius 2 is 1.92 bits per heavy atom. The summed E-state index contributed by atoms with van der Waals surface area (Å²) < 4.78 is 56.8. The van der Waals surface area contributed by atoms with E-state index < -0.39 is 29.8 Å². The Balaban J connectivity index is 1.53. The van der Waals surface area contributed by atoms with E-state index in [0.29, 0.717) is 26.5 Å². The first-order valence-electron chi connectivity index (χ1n) is 10.7. The van der Waals surface area contributed by atoms with Crippen LogP contribution in [-0.2, 0) is 10.9 Å². The van der Waals surface area contributed by atoms with Crippen molar-refractivity contribution in [1.29, 1.82) is 0 Å². The molecular weight excluding hydrogens is 498 g/mol. The number of pyridine rings is 2. The van der Waals surface area contributed by atoms with Crippen LogP contribution < -0.4 is 11.1 Å². The van der Waals surface area contributed by atoms with Gasteiger partial charge in [0.2, 0.25) is 5.95 Å². The van der Waals surface area contributed by atoms with E-state index in [4.69, 9.17) is 10.5 Å². The van der Waals surface area contributed by atoms with Gasteiger partial charge >= 0.3 is 12.1 Å². The van der Waals surface area contributed by atoms with Crippen LogP contribution >= 0.6 is 11.3 Å². The molecule has 0 saturated heterocycles. The van der Waals surface area contributed by atoms with Crippen LogP contribution in [0.4, 0.5) is 22.7 Å². The Morgan fingerprint density at radius 3 is 2.58 bits per heavy atom. The van der Waals surface area contributed by atoms with E-state index in [-0.39, 0.29) is 18.2 Å². The summed E-state index contributed by atoms with van der Waals surface area (Å²) in [4.78, 5) is 24.4. The molecular formula is C24H21F4N5O2S. The summed E-state index contributed by atoms with van der Waals surface area (Å²) in [5, 5.41) is 4.84. The smallest absolute Gasteiger partial charge is 0.433 e. The molecule has 188 valence electrons. The quantitative estimate of drug-likeness (QED) is 0.196. The van der Waals surface area contributed by atoms with Crippen LogP contribution in [0.15, 0.2) is 48.8 Å². The second-order valence-electron chi connectivity index (χ2n) is 8.07. The summed E-state index contributed by atoms with van der Waals surface area (Å²) in [7, 11) is 1.25. The van der Waals surface area contributed by atoms with Crippen molar-refractivity contribution in [2.45, 2.75) is 25.1 Å². The molecule has 0 unspecified atom stereocenters. The van der Waals surface area contributed by atoms with Gasteiger partial charge < -0.3 is 15.8 Å². The highest BCUT2D eigenvalue weighted by molar-refractivity contribution is 7.19. The average Bonchev–Trinajstić information content (AvgIpc) is 3.29. The normalized spacial score (nSPS) is 13.4. The molecule has 4 rings (SSSR count). The molecule has 2 atom stereocenters. The molecule has 0 bridgehead atoms. The van der Waals surface area contributed by atoms with E-state index >= 15 is 0 Å². The van der Waals surface area contributed by atoms with Gasteiger partial charge in [-0.2, -0.15) is 17.6 Å². The van der Waals surface area contributed by atoms with Crippen molar-refractivity contribution in [2.24, 2.45) is 5.73 Å². The molecule has 12 heteroatoms. The van der Waals surface area contributed by atoms with Crippen molar-refractivity contribution in [2.75, 3.05) is 19.0 Å². The Hall–Kier alpha value is -3.64. The number of esters is 1. The molecule has 3 N–H and O–H groups in total. The number of thiazole rings is 1. The largest absolute Gasteiger partial charge is 0.464 e. The summed E-state index contributed by atoms with van der Waals surface area (Å²) in [6.07, 6.45) is -1.92. The van der Waals surface area contributed by atoms with Crippen LogP contribution in [-0.4, -0.2) is 40.6 Å². The summed E-state index contributed by atoms with van der Waals surface area (Å²) >= 11 is 1.20. The second kappa shape index (κ2) is 10.2. The summed E-state index contributed by atoms with van der Waals surface area (Å²) in [6.45, 7) is 2.01. The lowest BCUT2D eigenvalue weighted by molar-refractivity contribution is -0.141. The molecule has 3 aromatic heterocycles. The second-order valence-corrected chi connectivity index (χ2v) is 9.06. The number of nitrogens with one attached hydrogen (secondary N) is 1. The number of hydrogen-bond acceptors (Lipinski definition) is 8. The first-order valence-corrected chi connectivity index (χ1v) is 11.6. The Labute approximate surface area is 207 Å². The summed E-state index contributed by atoms with van der Waals surface area (Å²) in [5.41, 5.74) is 6.60. The van der Waals surface area contributed by atoms with Crippen molar-refractivity contribution in [3.63, 3.8) is 0 Å². The molecule has 0 amide bonds. The first kappa shape index (κ1) is 25.5. The number of benzene rings is 1. The third-order valence-corrected chi connectivity index (χ3v) is 6.75. The SMILES string of the molecule is COC(=O)c1nc(NC[C@H](N)[C@@H](C)c2ccc(C(F)(F)F)nc2)sc1-c1ccc2cnc(F)cc2c1. The predicted octanol–water partition coefficient (Wildman–Crippen LogP) is 5.24. The maximum atomic E-state index is 13.6. The highest BCUT2D eigenvalue weighted by Gasteiger charge is 2.32. The number of carbonyl (C=O) groups excluding carboxylic acids is 1. The highest BCUT2D eigenvalue weighted by Crippen LogP contribution is 2.35. The first-order chi connectivity index (χ1) is 17.1. The standard InChI is InChI=1S/C24H21F4N5O2S/c1-12(14-5-6-18(30-9-14)24(26,27)28)17(29)11-32-23-33-20(22(34)35-2)21(36-23)13-3-4-15-10-31-19(25)8-16(15)7-13/h3-10,12,17H,11,29H2,1-2H3,(H,32,33)/t12-,17-/m0/s1. The molecule has 0 aliphatic heterocycles. The van der Waals surface area contributed by atoms with Crippen LogP contribution in [0.5, 0.6) is 0 Å². The number of methoxy groups -OCH3 is 1. The van der Waals surface area contributed by atoms with Crippen molar-refractivity contribution >= 4 is 33.2 Å². The number of halogens is 4. The number of alkyl halides is 3. The van der Waals surface area contributed by atoms with Gasteiger partial charge in [0.15, 0.2) is 10.8 Å². The van der Waals surface area contributed by atoms with E-state index in [0.717, 1.165) is 11.5 Å². The van der Waals surface area contributed by atoms with Gasteiger partial charge in [-0.3, -0.25) is 4.98 Å². The number of nitrogens with two attached hydrogens (primary N) is 1. The Morgan fingerprint density at radius 1 is 1.14 bits per heavy atom. The molecule has 1 aromatic carbocycles. The van der Waals surface area contributed by atoms with Gasteiger partial charge in [-0.05, 0) is 34.6 Å². The number of aromatic nitrogens is 3. The third kappa shape index (κ3) is 5.44. The Kier molecular flexibility index (Phi) is 7.18. The molecule has 0 aliphatic rings. The molecule has 0 radical (unpaired) electrons. The molecule has 0 saturated carbocycles. The van der Waals surface area contributed by atoms with Crippen LogP contribution in [0, 0.1) is 5.95 Å². The van der Waals surface area contributed by atoms with Gasteiger partial charge in [-0.15, -0.1) is 0 Å². The zero-order chi connectivity index (χ0) is 26.0. The molecule has 7 nitrogen and oxygen atoms in total. The fourth-order valence-corrected chi connectivity index (χ4v) is 4.51. The number of ether oxygens (including phenoxy) is 1. The van der Waals surface area contributed by atoms with Crippen LogP contribution in [0.1, 0.15) is 34.6 Å². The van der Waals surface area contributed by atoms with Crippen molar-refractivity contribution in [3.05, 3.63) is 71.7 Å². The lowest BCUT2D eigenvalue weighted by Gasteiger charge is -2.20. The summed E-state index contributed by atoms with van der Waals surface area (Å²) in [5.74, 6) is -1.56. The van der Waals surface area contributed by atoms with E-state index in [2.05, 4.69) is 20.3 Å². The third-order valence-electron chi connectivity index (χ3n) is 5.69. The molecule has 0 fully saturated rings. The monoisotopic (exact) mass is 519 g/mol. The van der Waals surface area contributed by atoms with Gasteiger partial charge in [0.1, 0.15) is 5.69 Å². The van der Waals surface area contributed by atoms with E-state index in [9.17, 15) is 22.4 Å². The lowest BCUT2D eigenvalue weighted by Crippen LogP contribution is -2.34. The van der Waals surface area contributed by atoms with Crippen molar-refractivity contribution < 1.29 is 27.1 Å². The number of rotatable bonds is 7. The Bertz CT molecular complexity index is 1390. The zero-order valence-corrected chi connectivity index (χ0v) is 20.0. The maximum absolute atomic E-state index is 13.6. The fraction of sp³-hybridized carbons (Fsp3) is 0.250. The zero-order valence-electron chi connectivity index (χ0n) is 19.1. The van der Waals surface area contributed by atoms with Gasteiger partial charge in [0.05, 0.1) is 12.0 Å². The minimum Gasteiger partial charge on any atom is -0.464 e. The van der Waals surface area contributed by atoms with Gasteiger partial charge in [-0.1, -0.05) is 36.5 Å². The molecule has 0 spiro atoms. The molecule has 3 heterocycles. The van der Waals surface area contributed by atoms with Gasteiger partial charge in [-0.25, -0.2) is 14.8 Å². The minimum absolute atomic E-state index is 0.0902. The summed E-state index contributed by atoms with van der Waals surface area (Å²) in [6, 6.07) is 8.36. The highest BCUT2D eigenvalue weighted by atomic mass is 32.1. The number of carbonyl (C=O) groups is 1. The van der Waals surface area contributed by atoms with Gasteiger partial charge in [0.25, 0.3) is 0 Å². The van der Waals surface area contributed by atoms with E-state index in [1.807, 2.05) is 0 Å². The number of anilines is 1.